The van der Waals surface area contributed by atoms with Crippen LogP contribution in [0.15, 0.2) is 36.4 Å². The van der Waals surface area contributed by atoms with Gasteiger partial charge in [-0.05, 0) is 43.5 Å². The number of ketones is 1. The number of hydrogen-bond donors (Lipinski definition) is 3. The molecule has 0 bridgehead atoms. The lowest BCUT2D eigenvalue weighted by atomic mass is 9.99. The molecule has 8 nitrogen and oxygen atoms in total. The fourth-order valence-electron chi connectivity index (χ4n) is 3.76. The maximum absolute atomic E-state index is 14.8. The molecule has 1 aliphatic rings. The second-order valence-electron chi connectivity index (χ2n) is 8.02. The fraction of sp³-hybridized carbons (Fsp3) is 0.348. The van der Waals surface area contributed by atoms with Crippen molar-refractivity contribution < 1.29 is 23.9 Å². The Morgan fingerprint density at radius 1 is 1.06 bits per heavy atom. The molecule has 2 aromatic rings. The van der Waals surface area contributed by atoms with Gasteiger partial charge in [-0.15, -0.1) is 12.4 Å². The van der Waals surface area contributed by atoms with Gasteiger partial charge < -0.3 is 26.0 Å². The summed E-state index contributed by atoms with van der Waals surface area (Å²) >= 11 is 0. The van der Waals surface area contributed by atoms with Crippen molar-refractivity contribution in [1.29, 1.82) is 0 Å². The molecule has 2 aromatic carbocycles. The predicted octanol–water partition coefficient (Wildman–Crippen LogP) is 2.91. The Morgan fingerprint density at radius 2 is 1.70 bits per heavy atom. The monoisotopic (exact) mass is 478 g/mol. The standard InChI is InChI=1S/C23H27FN4O4.ClH/c1-27(2)17-9-10-18(29)19(20(17)24)21(30)14-5-7-15(8-6-14)22(31)26-16-4-3-12-28(13-11-16)23(25)32;/h5-10,16,29H,3-4,11-13H2,1-2H3,(H2,25,32)(H,26,31);1H/t16-;/m0./s1. The van der Waals surface area contributed by atoms with Crippen molar-refractivity contribution in [2.24, 2.45) is 5.73 Å². The number of nitrogens with zero attached hydrogens (tertiary/aromatic N) is 2. The van der Waals surface area contributed by atoms with Crippen LogP contribution in [-0.4, -0.2) is 61.0 Å². The zero-order chi connectivity index (χ0) is 23.4. The lowest BCUT2D eigenvalue weighted by molar-refractivity contribution is 0.0932. The third-order valence-corrected chi connectivity index (χ3v) is 5.59. The normalized spacial score (nSPS) is 15.7. The molecule has 1 saturated heterocycles. The summed E-state index contributed by atoms with van der Waals surface area (Å²) in [6.07, 6.45) is 2.07. The quantitative estimate of drug-likeness (QED) is 0.571. The maximum atomic E-state index is 14.8. The third-order valence-electron chi connectivity index (χ3n) is 5.59. The summed E-state index contributed by atoms with van der Waals surface area (Å²) < 4.78 is 14.8. The van der Waals surface area contributed by atoms with E-state index in [-0.39, 0.29) is 35.6 Å². The number of benzene rings is 2. The lowest BCUT2D eigenvalue weighted by Crippen LogP contribution is -2.38. The van der Waals surface area contributed by atoms with E-state index in [1.54, 1.807) is 19.0 Å². The zero-order valence-electron chi connectivity index (χ0n) is 18.5. The Bertz CT molecular complexity index is 1030. The molecule has 0 spiro atoms. The molecular formula is C23H28ClFN4O4. The molecular weight excluding hydrogens is 451 g/mol. The number of phenolic OH excluding ortho intramolecular Hbond substituents is 1. The van der Waals surface area contributed by atoms with Gasteiger partial charge in [-0.2, -0.15) is 0 Å². The first-order chi connectivity index (χ1) is 15.2. The second-order valence-corrected chi connectivity index (χ2v) is 8.02. The van der Waals surface area contributed by atoms with Crippen LogP contribution in [0.25, 0.3) is 0 Å². The summed E-state index contributed by atoms with van der Waals surface area (Å²) in [6.45, 7) is 1.05. The van der Waals surface area contributed by atoms with Crippen molar-refractivity contribution in [1.82, 2.24) is 10.2 Å². The van der Waals surface area contributed by atoms with Crippen molar-refractivity contribution in [2.75, 3.05) is 32.1 Å². The molecule has 178 valence electrons. The number of aromatic hydroxyl groups is 1. The van der Waals surface area contributed by atoms with E-state index in [1.165, 1.54) is 41.3 Å². The molecule has 1 atom stereocenters. The van der Waals surface area contributed by atoms with E-state index in [0.717, 1.165) is 12.8 Å². The Labute approximate surface area is 198 Å². The topological polar surface area (TPSA) is 116 Å². The Balaban J connectivity index is 0.00000385. The number of carbonyl (C=O) groups is 3. The molecule has 0 saturated carbocycles. The highest BCUT2D eigenvalue weighted by Crippen LogP contribution is 2.30. The minimum Gasteiger partial charge on any atom is -0.507 e. The molecule has 4 N–H and O–H groups in total. The highest BCUT2D eigenvalue weighted by atomic mass is 35.5. The number of anilines is 1. The summed E-state index contributed by atoms with van der Waals surface area (Å²) in [5, 5.41) is 13.0. The Hall–Kier alpha value is -3.33. The van der Waals surface area contributed by atoms with Gasteiger partial charge in [0.1, 0.15) is 11.3 Å². The van der Waals surface area contributed by atoms with Gasteiger partial charge in [0.2, 0.25) is 0 Å². The molecule has 1 aliphatic heterocycles. The number of hydrogen-bond acceptors (Lipinski definition) is 5. The van der Waals surface area contributed by atoms with Crippen LogP contribution in [0, 0.1) is 5.82 Å². The fourth-order valence-corrected chi connectivity index (χ4v) is 3.76. The van der Waals surface area contributed by atoms with Crippen LogP contribution in [0.5, 0.6) is 5.75 Å². The SMILES string of the molecule is CN(C)c1ccc(O)c(C(=O)c2ccc(C(=O)N[C@H]3CCCN(C(N)=O)CC3)cc2)c1F.Cl. The minimum absolute atomic E-state index is 0. The number of nitrogens with one attached hydrogen (secondary N) is 1. The number of rotatable bonds is 5. The summed E-state index contributed by atoms with van der Waals surface area (Å²) in [5.74, 6) is -2.23. The van der Waals surface area contributed by atoms with Crippen LogP contribution in [0.4, 0.5) is 14.9 Å². The van der Waals surface area contributed by atoms with Gasteiger partial charge in [0.15, 0.2) is 11.6 Å². The van der Waals surface area contributed by atoms with Crippen LogP contribution in [0.1, 0.15) is 45.5 Å². The summed E-state index contributed by atoms with van der Waals surface area (Å²) in [4.78, 5) is 39.8. The highest BCUT2D eigenvalue weighted by molar-refractivity contribution is 6.11. The number of halogens is 2. The van der Waals surface area contributed by atoms with Gasteiger partial charge in [-0.1, -0.05) is 12.1 Å². The molecule has 0 unspecified atom stereocenters. The molecule has 33 heavy (non-hydrogen) atoms. The number of amides is 3. The van der Waals surface area contributed by atoms with E-state index in [9.17, 15) is 23.9 Å². The summed E-state index contributed by atoms with van der Waals surface area (Å²) in [7, 11) is 3.27. The van der Waals surface area contributed by atoms with Crippen LogP contribution < -0.4 is 16.0 Å². The average Bonchev–Trinajstić information content (AvgIpc) is 2.99. The Morgan fingerprint density at radius 3 is 2.30 bits per heavy atom. The smallest absolute Gasteiger partial charge is 0.314 e. The van der Waals surface area contributed by atoms with Crippen LogP contribution in [0.2, 0.25) is 0 Å². The van der Waals surface area contributed by atoms with Gasteiger partial charge in [-0.3, -0.25) is 9.59 Å². The first-order valence-corrected chi connectivity index (χ1v) is 10.4. The van der Waals surface area contributed by atoms with Crippen LogP contribution in [0.3, 0.4) is 0 Å². The van der Waals surface area contributed by atoms with Gasteiger partial charge in [0.25, 0.3) is 5.91 Å². The van der Waals surface area contributed by atoms with Gasteiger partial charge in [0, 0.05) is 44.4 Å². The number of phenols is 1. The third kappa shape index (κ3) is 5.92. The second kappa shape index (κ2) is 11.0. The maximum Gasteiger partial charge on any atom is 0.314 e. The molecule has 1 heterocycles. The van der Waals surface area contributed by atoms with Crippen molar-refractivity contribution in [2.45, 2.75) is 25.3 Å². The van der Waals surface area contributed by atoms with E-state index in [4.69, 9.17) is 5.73 Å². The molecule has 0 aromatic heterocycles. The summed E-state index contributed by atoms with van der Waals surface area (Å²) in [5.41, 5.74) is 5.60. The van der Waals surface area contributed by atoms with Gasteiger partial charge >= 0.3 is 6.03 Å². The molecule has 0 radical (unpaired) electrons. The molecule has 10 heteroatoms. The lowest BCUT2D eigenvalue weighted by Gasteiger charge is -2.18. The van der Waals surface area contributed by atoms with E-state index >= 15 is 0 Å². The number of likely N-dealkylation sites (tertiary alicyclic amines) is 1. The van der Waals surface area contributed by atoms with E-state index in [2.05, 4.69) is 5.32 Å². The van der Waals surface area contributed by atoms with Gasteiger partial charge in [-0.25, -0.2) is 9.18 Å². The summed E-state index contributed by atoms with van der Waals surface area (Å²) in [6, 6.07) is 7.95. The van der Waals surface area contributed by atoms with Crippen molar-refractivity contribution in [3.8, 4) is 5.75 Å². The predicted molar refractivity (Wildman–Crippen MR) is 126 cm³/mol. The Kier molecular flexibility index (Phi) is 8.64. The number of nitrogens with two attached hydrogens (primary N) is 1. The molecule has 0 aliphatic carbocycles. The largest absolute Gasteiger partial charge is 0.507 e. The van der Waals surface area contributed by atoms with Crippen molar-refractivity contribution in [3.05, 3.63) is 58.9 Å². The van der Waals surface area contributed by atoms with E-state index in [0.29, 0.717) is 25.1 Å². The van der Waals surface area contributed by atoms with Gasteiger partial charge in [0.05, 0.1) is 5.69 Å². The average molecular weight is 479 g/mol. The number of primary amides is 1. The zero-order valence-corrected chi connectivity index (χ0v) is 19.3. The first-order valence-electron chi connectivity index (χ1n) is 10.4. The molecule has 3 amide bonds. The number of urea groups is 1. The van der Waals surface area contributed by atoms with Crippen LogP contribution in [-0.2, 0) is 0 Å². The van der Waals surface area contributed by atoms with E-state index in [1.807, 2.05) is 0 Å². The highest BCUT2D eigenvalue weighted by Gasteiger charge is 2.23. The molecule has 3 rings (SSSR count). The first kappa shape index (κ1) is 25.9. The van der Waals surface area contributed by atoms with E-state index < -0.39 is 28.9 Å². The van der Waals surface area contributed by atoms with Crippen LogP contribution >= 0.6 is 12.4 Å². The van der Waals surface area contributed by atoms with Crippen molar-refractivity contribution >= 4 is 35.8 Å². The minimum atomic E-state index is -0.805. The number of carbonyl (C=O) groups excluding carboxylic acids is 3. The molecule has 1 fully saturated rings. The van der Waals surface area contributed by atoms with Crippen molar-refractivity contribution in [3.63, 3.8) is 0 Å².